The number of aromatic nitrogens is 3. The van der Waals surface area contributed by atoms with E-state index < -0.39 is 0 Å². The van der Waals surface area contributed by atoms with Crippen molar-refractivity contribution in [2.75, 3.05) is 6.61 Å². The van der Waals surface area contributed by atoms with Gasteiger partial charge in [0.1, 0.15) is 6.10 Å². The summed E-state index contributed by atoms with van der Waals surface area (Å²) < 4.78 is 11.7. The van der Waals surface area contributed by atoms with Crippen LogP contribution < -0.4 is 11.4 Å². The fourth-order valence-corrected chi connectivity index (χ4v) is 8.33. The van der Waals surface area contributed by atoms with Crippen molar-refractivity contribution in [3.63, 3.8) is 0 Å². The minimum Gasteiger partial charge on any atom is -0.368 e. The van der Waals surface area contributed by atoms with Gasteiger partial charge >= 0.3 is 11.4 Å². The van der Waals surface area contributed by atoms with Crippen molar-refractivity contribution in [2.24, 2.45) is 42.1 Å². The second-order valence-corrected chi connectivity index (χ2v) is 10.2. The monoisotopic (exact) mass is 413 g/mol. The normalized spacial score (nSPS) is 39.1. The summed E-state index contributed by atoms with van der Waals surface area (Å²) in [4.78, 5) is 25.7. The van der Waals surface area contributed by atoms with E-state index >= 15 is 0 Å². The van der Waals surface area contributed by atoms with Gasteiger partial charge in [-0.25, -0.2) is 23.5 Å². The van der Waals surface area contributed by atoms with Gasteiger partial charge in [0.25, 0.3) is 0 Å². The first-order chi connectivity index (χ1) is 15.2. The molecule has 9 rings (SSSR count). The molecule has 0 N–H and O–H groups in total. The van der Waals surface area contributed by atoms with Crippen LogP contribution in [-0.2, 0) is 11.8 Å². The Kier molecular flexibility index (Phi) is 2.78. The van der Waals surface area contributed by atoms with E-state index in [-0.39, 0.29) is 35.0 Å². The van der Waals surface area contributed by atoms with E-state index in [0.29, 0.717) is 36.2 Å². The molecule has 4 saturated carbocycles. The molecule has 4 fully saturated rings. The zero-order valence-corrected chi connectivity index (χ0v) is 17.2. The first kappa shape index (κ1) is 16.8. The second-order valence-electron chi connectivity index (χ2n) is 10.2. The Balaban J connectivity index is 1.19. The minimum absolute atomic E-state index is 0.0220. The van der Waals surface area contributed by atoms with Gasteiger partial charge in [-0.15, -0.1) is 0 Å². The fourth-order valence-electron chi connectivity index (χ4n) is 8.33. The number of rotatable bonds is 5. The summed E-state index contributed by atoms with van der Waals surface area (Å²) in [6.07, 6.45) is -0.126. The summed E-state index contributed by atoms with van der Waals surface area (Å²) in [5.74, 6) is 2.97. The Morgan fingerprint density at radius 3 is 2.10 bits per heavy atom. The van der Waals surface area contributed by atoms with Crippen molar-refractivity contribution in [3.8, 4) is 0 Å². The largest absolute Gasteiger partial charge is 0.368 e. The van der Waals surface area contributed by atoms with Gasteiger partial charge in [0.15, 0.2) is 0 Å². The molecule has 2 aliphatic heterocycles. The van der Waals surface area contributed by atoms with Gasteiger partial charge in [-0.2, -0.15) is 0 Å². The lowest BCUT2D eigenvalue weighted by Gasteiger charge is -2.43. The third kappa shape index (κ3) is 1.68. The molecule has 3 heterocycles. The summed E-state index contributed by atoms with van der Waals surface area (Å²) in [5.41, 5.74) is 2.02. The van der Waals surface area contributed by atoms with Crippen molar-refractivity contribution >= 4 is 0 Å². The Hall–Kier alpha value is -2.86. The van der Waals surface area contributed by atoms with Crippen LogP contribution >= 0.6 is 0 Å². The summed E-state index contributed by atoms with van der Waals surface area (Å²) in [7, 11) is 1.61. The summed E-state index contributed by atoms with van der Waals surface area (Å²) in [6.45, 7) is 0.646. The van der Waals surface area contributed by atoms with Crippen molar-refractivity contribution < 1.29 is 4.74 Å². The van der Waals surface area contributed by atoms with E-state index in [1.807, 2.05) is 21.5 Å². The molecule has 0 radical (unpaired) electrons. The van der Waals surface area contributed by atoms with Crippen LogP contribution in [0.4, 0.5) is 0 Å². The van der Waals surface area contributed by atoms with Crippen molar-refractivity contribution in [3.05, 3.63) is 92.8 Å². The second kappa shape index (κ2) is 5.13. The predicted molar refractivity (Wildman–Crippen MR) is 113 cm³/mol. The van der Waals surface area contributed by atoms with Gasteiger partial charge in [0, 0.05) is 12.5 Å². The Morgan fingerprint density at radius 1 is 0.839 bits per heavy atom. The Bertz CT molecular complexity index is 1320. The van der Waals surface area contributed by atoms with Crippen LogP contribution in [0.3, 0.4) is 0 Å². The van der Waals surface area contributed by atoms with E-state index in [9.17, 15) is 9.59 Å². The molecule has 1 aromatic heterocycles. The van der Waals surface area contributed by atoms with E-state index in [1.165, 1.54) is 4.57 Å². The highest BCUT2D eigenvalue weighted by molar-refractivity contribution is 5.43. The lowest BCUT2D eigenvalue weighted by Crippen LogP contribution is -2.50. The Labute approximate surface area is 178 Å². The van der Waals surface area contributed by atoms with Crippen LogP contribution in [0.5, 0.6) is 0 Å². The maximum atomic E-state index is 12.9. The third-order valence-corrected chi connectivity index (χ3v) is 9.25. The van der Waals surface area contributed by atoms with Gasteiger partial charge in [-0.1, -0.05) is 60.7 Å². The van der Waals surface area contributed by atoms with Crippen LogP contribution in [0, 0.1) is 35.0 Å². The van der Waals surface area contributed by atoms with Crippen LogP contribution in [0.15, 0.2) is 70.3 Å². The molecular formula is C25H23N3O3. The smallest absolute Gasteiger partial charge is 0.347 e. The van der Waals surface area contributed by atoms with Crippen molar-refractivity contribution in [2.45, 2.75) is 18.2 Å². The molecule has 4 aliphatic carbocycles. The summed E-state index contributed by atoms with van der Waals surface area (Å²) >= 11 is 0. The van der Waals surface area contributed by atoms with E-state index in [4.69, 9.17) is 4.74 Å². The third-order valence-electron chi connectivity index (χ3n) is 9.25. The lowest BCUT2D eigenvalue weighted by atomic mass is 9.79. The standard InChI is InChI=1S/C25H23N3O3/c1-26-23(29)27-20-16-15-17(16)22(28(27)24(26)30)25(18(15)19(20)25)12-31-21(13-8-4-2-5-9-13)14-10-6-3-7-11-14/h2-11,15-22H,12H2,1H3/t15-,16-,17-,18+,19-,20-,22-,25+/m0/s1. The maximum absolute atomic E-state index is 12.9. The lowest BCUT2D eigenvalue weighted by molar-refractivity contribution is -0.0312. The molecule has 8 atom stereocenters. The van der Waals surface area contributed by atoms with Gasteiger partial charge < -0.3 is 4.74 Å². The van der Waals surface area contributed by atoms with E-state index in [1.54, 1.807) is 7.05 Å². The fraction of sp³-hybridized carbons (Fsp3) is 0.440. The minimum atomic E-state index is -0.155. The predicted octanol–water partition coefficient (Wildman–Crippen LogP) is 2.37. The first-order valence-corrected chi connectivity index (χ1v) is 11.3. The van der Waals surface area contributed by atoms with Gasteiger partial charge in [0.05, 0.1) is 18.7 Å². The topological polar surface area (TPSA) is 58.2 Å². The van der Waals surface area contributed by atoms with Crippen molar-refractivity contribution in [1.82, 2.24) is 13.9 Å². The van der Waals surface area contributed by atoms with E-state index in [2.05, 4.69) is 48.5 Å². The zero-order valence-electron chi connectivity index (χ0n) is 17.2. The molecule has 0 saturated heterocycles. The van der Waals surface area contributed by atoms with Crippen molar-refractivity contribution in [1.29, 1.82) is 0 Å². The molecule has 156 valence electrons. The molecule has 6 heteroatoms. The number of hydrogen-bond donors (Lipinski definition) is 0. The number of nitrogens with zero attached hydrogens (tertiary/aromatic N) is 3. The average Bonchev–Trinajstić information content (AvgIpc) is 3.61. The van der Waals surface area contributed by atoms with Crippen LogP contribution in [-0.4, -0.2) is 20.5 Å². The highest BCUT2D eigenvalue weighted by atomic mass is 16.5. The maximum Gasteiger partial charge on any atom is 0.347 e. The van der Waals surface area contributed by atoms with Crippen LogP contribution in [0.1, 0.15) is 29.3 Å². The molecule has 0 unspecified atom stereocenters. The molecule has 6 aliphatic rings. The van der Waals surface area contributed by atoms with Crippen LogP contribution in [0.2, 0.25) is 0 Å². The van der Waals surface area contributed by atoms with Gasteiger partial charge in [0.2, 0.25) is 0 Å². The number of benzene rings is 2. The average molecular weight is 413 g/mol. The molecule has 2 bridgehead atoms. The highest BCUT2D eigenvalue weighted by Gasteiger charge is 2.97. The van der Waals surface area contributed by atoms with E-state index in [0.717, 1.165) is 11.1 Å². The molecule has 31 heavy (non-hydrogen) atoms. The number of ether oxygens (including phenoxy) is 1. The van der Waals surface area contributed by atoms with Crippen LogP contribution in [0.25, 0.3) is 0 Å². The number of hydrogen-bond acceptors (Lipinski definition) is 3. The first-order valence-electron chi connectivity index (χ1n) is 11.3. The molecular weight excluding hydrogens is 390 g/mol. The van der Waals surface area contributed by atoms with Gasteiger partial charge in [-0.05, 0) is 40.7 Å². The highest BCUT2D eigenvalue weighted by Crippen LogP contribution is 2.97. The summed E-state index contributed by atoms with van der Waals surface area (Å²) in [5, 5.41) is 0. The SMILES string of the molecule is Cn1c(=O)n2n(c1=O)[C@H]1[C@@H]3[C@@H]4[C@@H]3[C@@H]3[C@@H]([C@H]42)[C@@]31COC(c1ccccc1)c1ccccc1. The molecule has 6 nitrogen and oxygen atoms in total. The molecule has 0 spiro atoms. The van der Waals surface area contributed by atoms with Gasteiger partial charge in [-0.3, -0.25) is 0 Å². The summed E-state index contributed by atoms with van der Waals surface area (Å²) in [6, 6.07) is 21.1. The Morgan fingerprint density at radius 2 is 1.45 bits per heavy atom. The molecule has 3 aromatic rings. The zero-order chi connectivity index (χ0) is 20.6. The molecule has 0 amide bonds. The molecule has 2 aromatic carbocycles. The quantitative estimate of drug-likeness (QED) is 0.645.